The molecule has 0 saturated carbocycles. The van der Waals surface area contributed by atoms with Gasteiger partial charge in [0.1, 0.15) is 0 Å². The molecule has 0 aliphatic carbocycles. The zero-order valence-corrected chi connectivity index (χ0v) is 12.1. The summed E-state index contributed by atoms with van der Waals surface area (Å²) in [6, 6.07) is 0. The van der Waals surface area contributed by atoms with Gasteiger partial charge < -0.3 is 0 Å². The molecule has 0 radical (unpaired) electrons. The monoisotopic (exact) mass is 399 g/mol. The summed E-state index contributed by atoms with van der Waals surface area (Å²) in [5.74, 6) is 0. The number of imidazole rings is 1. The Hall–Kier alpha value is 0.200. The van der Waals surface area contributed by atoms with Gasteiger partial charge in [-0.25, -0.2) is 0 Å². The molecular weight excluding hydrogens is 389 g/mol. The Morgan fingerprint density at radius 1 is 1.35 bits per heavy atom. The van der Waals surface area contributed by atoms with E-state index >= 15 is 0 Å². The molecule has 2 unspecified atom stereocenters. The van der Waals surface area contributed by atoms with E-state index in [1.807, 2.05) is 0 Å². The number of hydrogen-bond acceptors (Lipinski definition) is 5. The van der Waals surface area contributed by atoms with Crippen molar-refractivity contribution in [3.8, 4) is 0 Å². The van der Waals surface area contributed by atoms with Crippen LogP contribution in [0.4, 0.5) is 0 Å². The summed E-state index contributed by atoms with van der Waals surface area (Å²) in [4.78, 5) is 30.9. The fourth-order valence-corrected chi connectivity index (χ4v) is 7.82. The summed E-state index contributed by atoms with van der Waals surface area (Å²) in [6.07, 6.45) is 3.66. The molecule has 0 fully saturated rings. The number of halogens is 1. The Bertz CT molecular complexity index is 473. The quantitative estimate of drug-likeness (QED) is 0.248. The Labute approximate surface area is 106 Å². The van der Waals surface area contributed by atoms with Gasteiger partial charge in [0.25, 0.3) is 0 Å². The molecule has 1 heterocycles. The van der Waals surface area contributed by atoms with Crippen molar-refractivity contribution in [1.29, 1.82) is 0 Å². The average Bonchev–Trinajstić information content (AvgIpc) is 2.68. The third kappa shape index (κ3) is 2.96. The van der Waals surface area contributed by atoms with E-state index in [4.69, 9.17) is 13.2 Å². The van der Waals surface area contributed by atoms with E-state index in [2.05, 4.69) is 4.98 Å². The van der Waals surface area contributed by atoms with Gasteiger partial charge in [0.2, 0.25) is 0 Å². The van der Waals surface area contributed by atoms with Crippen LogP contribution in [0.3, 0.4) is 0 Å². The van der Waals surface area contributed by atoms with E-state index in [1.165, 1.54) is 12.4 Å². The molecule has 1 aromatic rings. The Balaban J connectivity index is 3.22. The Morgan fingerprint density at radius 2 is 1.94 bits per heavy atom. The molecule has 0 saturated heterocycles. The van der Waals surface area contributed by atoms with Crippen LogP contribution in [-0.2, 0) is 15.7 Å². The van der Waals surface area contributed by atoms with Crippen LogP contribution < -0.4 is 21.1 Å². The van der Waals surface area contributed by atoms with Gasteiger partial charge in [0.05, 0.1) is 0 Å². The van der Waals surface area contributed by atoms with Gasteiger partial charge in [0, 0.05) is 0 Å². The maximum atomic E-state index is 11.6. The Kier molecular flexibility index (Phi) is 4.54. The SMILES string of the molecule is O=P(O)(O)C(O)(Cn1ccnc1)P(=O)(O)[I-]O. The molecule has 0 spiro atoms. The number of aliphatic hydroxyl groups is 1. The van der Waals surface area contributed by atoms with Crippen LogP contribution in [0.5, 0.6) is 0 Å². The molecule has 1 aromatic heterocycles. The molecule has 9 nitrogen and oxygen atoms in total. The zero-order chi connectivity index (χ0) is 13.3. The topological polar surface area (TPSA) is 153 Å². The minimum atomic E-state index is -5.31. The van der Waals surface area contributed by atoms with Crippen molar-refractivity contribution in [2.75, 3.05) is 0 Å². The second-order valence-electron chi connectivity index (χ2n) is 3.13. The molecule has 0 aliphatic rings. The van der Waals surface area contributed by atoms with Gasteiger partial charge in [0.15, 0.2) is 0 Å². The van der Waals surface area contributed by atoms with E-state index in [-0.39, 0.29) is 0 Å². The molecule has 100 valence electrons. The molecule has 17 heavy (non-hydrogen) atoms. The fraction of sp³-hybridized carbons (Fsp3) is 0.400. The van der Waals surface area contributed by atoms with Crippen molar-refractivity contribution < 1.29 is 53.4 Å². The van der Waals surface area contributed by atoms with Gasteiger partial charge in [-0.2, -0.15) is 0 Å². The molecule has 0 aromatic carbocycles. The molecule has 2 atom stereocenters. The van der Waals surface area contributed by atoms with Crippen molar-refractivity contribution in [1.82, 2.24) is 9.55 Å². The summed E-state index contributed by atoms with van der Waals surface area (Å²) in [5, 5.41) is 1.85. The third-order valence-electron chi connectivity index (χ3n) is 1.96. The standard InChI is InChI=1S/C5H10IN2O7P2/c9-5(17(13,14)15,16(11,12)6-10)3-8-2-1-7-4-8/h1-2,4,9-10H,3H2,(H,11,12)(H2,13,14,15)/q-1. The summed E-state index contributed by atoms with van der Waals surface area (Å²) in [7, 11) is -5.31. The predicted octanol–water partition coefficient (Wildman–Crippen LogP) is -4.11. The maximum absolute atomic E-state index is 11.6. The van der Waals surface area contributed by atoms with E-state index in [0.29, 0.717) is 0 Å². The summed E-state index contributed by atoms with van der Waals surface area (Å²) in [6.45, 7) is -0.828. The predicted molar refractivity (Wildman–Crippen MR) is 51.3 cm³/mol. The molecular formula is C5H10IN2O7P2-. The number of hydrogen-bond donors (Lipinski definition) is 5. The van der Waals surface area contributed by atoms with E-state index in [0.717, 1.165) is 10.9 Å². The molecule has 0 amide bonds. The second kappa shape index (κ2) is 5.06. The summed E-state index contributed by atoms with van der Waals surface area (Å²) in [5.41, 5.74) is 0. The van der Waals surface area contributed by atoms with Gasteiger partial charge in [-0.15, -0.1) is 0 Å². The Morgan fingerprint density at radius 3 is 2.29 bits per heavy atom. The molecule has 5 N–H and O–H groups in total. The van der Waals surface area contributed by atoms with Crippen LogP contribution in [-0.4, -0.2) is 37.9 Å². The van der Waals surface area contributed by atoms with Crippen LogP contribution in [0, 0.1) is 0 Å². The van der Waals surface area contributed by atoms with Crippen LogP contribution in [0.2, 0.25) is 0 Å². The van der Waals surface area contributed by atoms with Crippen molar-refractivity contribution in [2.24, 2.45) is 0 Å². The van der Waals surface area contributed by atoms with Crippen molar-refractivity contribution in [3.05, 3.63) is 18.7 Å². The first-order valence-corrected chi connectivity index (χ1v) is 11.0. The van der Waals surface area contributed by atoms with Crippen LogP contribution in [0.15, 0.2) is 18.7 Å². The number of rotatable bonds is 5. The molecule has 0 bridgehead atoms. The minimum absolute atomic E-state index is 0.828. The summed E-state index contributed by atoms with van der Waals surface area (Å²) >= 11 is -2.44. The van der Waals surface area contributed by atoms with E-state index in [9.17, 15) is 19.1 Å². The van der Waals surface area contributed by atoms with Crippen molar-refractivity contribution >= 4 is 12.6 Å². The van der Waals surface area contributed by atoms with Crippen molar-refractivity contribution in [3.63, 3.8) is 0 Å². The van der Waals surface area contributed by atoms with Crippen LogP contribution in [0.25, 0.3) is 0 Å². The first kappa shape index (κ1) is 15.3. The third-order valence-corrected chi connectivity index (χ3v) is 11.2. The van der Waals surface area contributed by atoms with Gasteiger partial charge in [-0.05, 0) is 0 Å². The van der Waals surface area contributed by atoms with E-state index < -0.39 is 45.3 Å². The van der Waals surface area contributed by atoms with Crippen LogP contribution >= 0.6 is 12.6 Å². The first-order valence-electron chi connectivity index (χ1n) is 4.01. The van der Waals surface area contributed by atoms with Crippen molar-refractivity contribution in [2.45, 2.75) is 11.6 Å². The van der Waals surface area contributed by atoms with Gasteiger partial charge >= 0.3 is 106 Å². The normalized spacial score (nSPS) is 19.8. The van der Waals surface area contributed by atoms with Crippen LogP contribution in [0.1, 0.15) is 0 Å². The number of nitrogens with zero attached hydrogens (tertiary/aromatic N) is 2. The fourth-order valence-electron chi connectivity index (χ4n) is 1.03. The molecule has 0 aliphatic heterocycles. The van der Waals surface area contributed by atoms with Gasteiger partial charge in [-0.1, -0.05) is 0 Å². The number of aromatic nitrogens is 2. The van der Waals surface area contributed by atoms with E-state index in [1.54, 1.807) is 0 Å². The molecule has 1 rings (SSSR count). The van der Waals surface area contributed by atoms with Gasteiger partial charge in [-0.3, -0.25) is 0 Å². The second-order valence-corrected chi connectivity index (χ2v) is 12.4. The molecule has 12 heteroatoms. The summed E-state index contributed by atoms with van der Waals surface area (Å²) < 4.78 is 32.6. The first-order chi connectivity index (χ1) is 7.64. The zero-order valence-electron chi connectivity index (χ0n) is 8.16. The average molecular weight is 399 g/mol.